The second-order valence-corrected chi connectivity index (χ2v) is 18.1. The van der Waals surface area contributed by atoms with E-state index >= 15 is 0 Å². The molecule has 0 spiro atoms. The van der Waals surface area contributed by atoms with Gasteiger partial charge in [0.15, 0.2) is 6.10 Å². The summed E-state index contributed by atoms with van der Waals surface area (Å²) in [6, 6.07) is 0. The molecule has 0 rings (SSSR count). The largest absolute Gasteiger partial charge is 0.462 e. The molecule has 6 heteroatoms. The summed E-state index contributed by atoms with van der Waals surface area (Å²) in [5.74, 6) is -0.942. The van der Waals surface area contributed by atoms with Gasteiger partial charge in [-0.05, 0) is 96.3 Å². The van der Waals surface area contributed by atoms with Crippen LogP contribution in [0.4, 0.5) is 0 Å². The summed E-state index contributed by atoms with van der Waals surface area (Å²) in [7, 11) is 0. The van der Waals surface area contributed by atoms with Crippen molar-refractivity contribution in [1.29, 1.82) is 0 Å². The number of carbonyl (C=O) groups is 3. The number of allylic oxidation sites excluding steroid dienone is 14. The molecule has 0 aliphatic heterocycles. The highest BCUT2D eigenvalue weighted by Crippen LogP contribution is 2.15. The molecule has 0 fully saturated rings. The summed E-state index contributed by atoms with van der Waals surface area (Å²) in [6.07, 6.45) is 70.0. The van der Waals surface area contributed by atoms with Gasteiger partial charge in [0, 0.05) is 19.3 Å². The predicted molar refractivity (Wildman–Crippen MR) is 284 cm³/mol. The summed E-state index contributed by atoms with van der Waals surface area (Å²) in [6.45, 7) is 6.48. The molecule has 6 nitrogen and oxygen atoms in total. The fourth-order valence-corrected chi connectivity index (χ4v) is 7.50. The predicted octanol–water partition coefficient (Wildman–Crippen LogP) is 18.4. The Morgan fingerprint density at radius 1 is 0.318 bits per heavy atom. The van der Waals surface area contributed by atoms with E-state index in [0.717, 1.165) is 109 Å². The smallest absolute Gasteiger partial charge is 0.306 e. The van der Waals surface area contributed by atoms with Crippen LogP contribution in [-0.2, 0) is 28.6 Å². The standard InChI is InChI=1S/C60H102O6/c1-4-7-10-13-16-19-22-25-27-28-29-30-31-32-33-36-38-41-44-47-50-53-59(62)65-56-57(55-64-58(61)52-49-46-43-40-37-34-24-21-18-15-12-9-6-3)66-60(63)54-51-48-45-42-39-35-26-23-20-17-14-11-8-5-2/h7,10,16,19,23,25-27,29-30,32-33,38,41,57H,4-6,8-9,11-15,17-18,20-22,24,28,31,34-37,39-40,42-56H2,1-3H3/b10-7-,19-16-,26-23-,27-25-,30-29-,33-32-,41-38-. The molecular formula is C60H102O6. The van der Waals surface area contributed by atoms with E-state index in [1.165, 1.54) is 109 Å². The van der Waals surface area contributed by atoms with Gasteiger partial charge in [-0.1, -0.05) is 228 Å². The highest BCUT2D eigenvalue weighted by atomic mass is 16.6. The first-order valence-electron chi connectivity index (χ1n) is 27.6. The van der Waals surface area contributed by atoms with Gasteiger partial charge in [-0.2, -0.15) is 0 Å². The average Bonchev–Trinajstić information content (AvgIpc) is 3.31. The van der Waals surface area contributed by atoms with E-state index in [1.54, 1.807) is 0 Å². The zero-order valence-corrected chi connectivity index (χ0v) is 43.2. The van der Waals surface area contributed by atoms with Crippen LogP contribution in [0.2, 0.25) is 0 Å². The summed E-state index contributed by atoms with van der Waals surface area (Å²) in [5.41, 5.74) is 0. The minimum atomic E-state index is -0.797. The summed E-state index contributed by atoms with van der Waals surface area (Å²) >= 11 is 0. The van der Waals surface area contributed by atoms with Gasteiger partial charge in [0.1, 0.15) is 13.2 Å². The van der Waals surface area contributed by atoms with Crippen LogP contribution in [0.25, 0.3) is 0 Å². The molecule has 1 unspecified atom stereocenters. The van der Waals surface area contributed by atoms with Crippen molar-refractivity contribution in [2.24, 2.45) is 0 Å². The Labute approximate surface area is 407 Å². The van der Waals surface area contributed by atoms with Gasteiger partial charge in [-0.15, -0.1) is 0 Å². The van der Waals surface area contributed by atoms with Crippen molar-refractivity contribution in [2.75, 3.05) is 13.2 Å². The van der Waals surface area contributed by atoms with E-state index < -0.39 is 6.10 Å². The normalized spacial score (nSPS) is 12.7. The lowest BCUT2D eigenvalue weighted by molar-refractivity contribution is -0.167. The fourth-order valence-electron chi connectivity index (χ4n) is 7.50. The second-order valence-electron chi connectivity index (χ2n) is 18.1. The first-order valence-corrected chi connectivity index (χ1v) is 27.6. The maximum absolute atomic E-state index is 12.8. The monoisotopic (exact) mass is 919 g/mol. The number of rotatable bonds is 49. The Bertz CT molecular complexity index is 1290. The van der Waals surface area contributed by atoms with Crippen molar-refractivity contribution in [1.82, 2.24) is 0 Å². The van der Waals surface area contributed by atoms with Crippen LogP contribution in [-0.4, -0.2) is 37.2 Å². The van der Waals surface area contributed by atoms with Gasteiger partial charge >= 0.3 is 17.9 Å². The molecular weight excluding hydrogens is 817 g/mol. The summed E-state index contributed by atoms with van der Waals surface area (Å²) < 4.78 is 16.8. The number of carbonyl (C=O) groups excluding carboxylic acids is 3. The zero-order chi connectivity index (χ0) is 47.9. The van der Waals surface area contributed by atoms with Crippen LogP contribution < -0.4 is 0 Å². The molecule has 1 atom stereocenters. The van der Waals surface area contributed by atoms with Crippen LogP contribution >= 0.6 is 0 Å². The average molecular weight is 919 g/mol. The molecule has 0 saturated heterocycles. The Morgan fingerprint density at radius 3 is 0.970 bits per heavy atom. The molecule has 378 valence electrons. The van der Waals surface area contributed by atoms with Crippen molar-refractivity contribution in [2.45, 2.75) is 264 Å². The summed E-state index contributed by atoms with van der Waals surface area (Å²) in [4.78, 5) is 38.0. The Kier molecular flexibility index (Phi) is 51.4. The lowest BCUT2D eigenvalue weighted by Crippen LogP contribution is -2.30. The zero-order valence-electron chi connectivity index (χ0n) is 43.2. The SMILES string of the molecule is CC/C=C\C/C=C\C/C=C\C/C=C\C/C=C\C/C=C\CCCCC(=O)OCC(COC(=O)CCCCCCCCCCCCCCC)OC(=O)CCCCCCC/C=C\CCCCCCC. The summed E-state index contributed by atoms with van der Waals surface area (Å²) in [5, 5.41) is 0. The molecule has 0 amide bonds. The van der Waals surface area contributed by atoms with Crippen LogP contribution in [0.15, 0.2) is 85.1 Å². The molecule has 0 N–H and O–H groups in total. The lowest BCUT2D eigenvalue weighted by atomic mass is 10.0. The molecule has 0 aromatic heterocycles. The highest BCUT2D eigenvalue weighted by molar-refractivity contribution is 5.71. The maximum atomic E-state index is 12.8. The number of ether oxygens (including phenoxy) is 3. The molecule has 0 bridgehead atoms. The Hall–Kier alpha value is -3.41. The molecule has 0 aliphatic rings. The number of esters is 3. The van der Waals surface area contributed by atoms with Gasteiger partial charge < -0.3 is 14.2 Å². The van der Waals surface area contributed by atoms with Crippen molar-refractivity contribution in [3.8, 4) is 0 Å². The maximum Gasteiger partial charge on any atom is 0.306 e. The second kappa shape index (κ2) is 54.2. The van der Waals surface area contributed by atoms with Crippen molar-refractivity contribution < 1.29 is 28.6 Å². The van der Waals surface area contributed by atoms with Crippen molar-refractivity contribution in [3.63, 3.8) is 0 Å². The van der Waals surface area contributed by atoms with E-state index in [9.17, 15) is 14.4 Å². The third kappa shape index (κ3) is 51.6. The quantitative estimate of drug-likeness (QED) is 0.0262. The van der Waals surface area contributed by atoms with Crippen molar-refractivity contribution in [3.05, 3.63) is 85.1 Å². The topological polar surface area (TPSA) is 78.9 Å². The van der Waals surface area contributed by atoms with Crippen LogP contribution in [0, 0.1) is 0 Å². The first-order chi connectivity index (χ1) is 32.5. The van der Waals surface area contributed by atoms with Gasteiger partial charge in [0.05, 0.1) is 0 Å². The van der Waals surface area contributed by atoms with Gasteiger partial charge in [0.25, 0.3) is 0 Å². The van der Waals surface area contributed by atoms with Crippen LogP contribution in [0.5, 0.6) is 0 Å². The Balaban J connectivity index is 4.45. The third-order valence-corrected chi connectivity index (χ3v) is 11.6. The molecule has 0 saturated carbocycles. The number of hydrogen-bond donors (Lipinski definition) is 0. The van der Waals surface area contributed by atoms with Crippen LogP contribution in [0.3, 0.4) is 0 Å². The lowest BCUT2D eigenvalue weighted by Gasteiger charge is -2.18. The van der Waals surface area contributed by atoms with E-state index in [-0.39, 0.29) is 31.1 Å². The van der Waals surface area contributed by atoms with Gasteiger partial charge in [-0.25, -0.2) is 0 Å². The van der Waals surface area contributed by atoms with E-state index in [4.69, 9.17) is 14.2 Å². The minimum Gasteiger partial charge on any atom is -0.462 e. The van der Waals surface area contributed by atoms with Crippen LogP contribution in [0.1, 0.15) is 258 Å². The molecule has 0 heterocycles. The fraction of sp³-hybridized carbons (Fsp3) is 0.717. The first kappa shape index (κ1) is 62.6. The van der Waals surface area contributed by atoms with E-state index in [2.05, 4.69) is 106 Å². The number of hydrogen-bond acceptors (Lipinski definition) is 6. The minimum absolute atomic E-state index is 0.0920. The number of unbranched alkanes of at least 4 members (excludes halogenated alkanes) is 24. The van der Waals surface area contributed by atoms with E-state index in [1.807, 2.05) is 0 Å². The van der Waals surface area contributed by atoms with E-state index in [0.29, 0.717) is 19.3 Å². The van der Waals surface area contributed by atoms with Crippen molar-refractivity contribution >= 4 is 17.9 Å². The molecule has 0 aromatic carbocycles. The molecule has 66 heavy (non-hydrogen) atoms. The van der Waals surface area contributed by atoms with Gasteiger partial charge in [-0.3, -0.25) is 14.4 Å². The Morgan fingerprint density at radius 2 is 0.591 bits per heavy atom. The molecule has 0 aliphatic carbocycles. The third-order valence-electron chi connectivity index (χ3n) is 11.6. The molecule has 0 aromatic rings. The van der Waals surface area contributed by atoms with Gasteiger partial charge in [0.2, 0.25) is 0 Å². The highest BCUT2D eigenvalue weighted by Gasteiger charge is 2.19. The molecule has 0 radical (unpaired) electrons.